The maximum Gasteiger partial charge on any atom is 0.333 e. The van der Waals surface area contributed by atoms with E-state index in [9.17, 15) is 0 Å². The van der Waals surface area contributed by atoms with E-state index in [1.807, 2.05) is 11.3 Å². The normalized spacial score (nSPS) is 14.1. The van der Waals surface area contributed by atoms with Gasteiger partial charge < -0.3 is 18.2 Å². The van der Waals surface area contributed by atoms with Crippen molar-refractivity contribution in [3.63, 3.8) is 0 Å². The summed E-state index contributed by atoms with van der Waals surface area (Å²) in [5.41, 5.74) is 18.5. The molecule has 2 aliphatic heterocycles. The zero-order valence-corrected chi connectivity index (χ0v) is 39.7. The maximum absolute atomic E-state index is 7.33. The molecule has 66 heavy (non-hydrogen) atoms. The van der Waals surface area contributed by atoms with E-state index in [0.717, 1.165) is 44.2 Å². The van der Waals surface area contributed by atoms with Crippen molar-refractivity contribution >= 4 is 126 Å². The number of hydrogen-bond donors (Lipinski definition) is 0. The van der Waals surface area contributed by atoms with E-state index in [4.69, 9.17) is 8.83 Å². The quantitative estimate of drug-likeness (QED) is 0.154. The first-order valence-corrected chi connectivity index (χ1v) is 24.3. The molecule has 0 aliphatic carbocycles. The first-order chi connectivity index (χ1) is 31.6. The number of fused-ring (bicyclic) bond motifs is 19. The molecular formula is C60H49BN2O2S. The van der Waals surface area contributed by atoms with Crippen LogP contribution in [0.4, 0.5) is 11.4 Å². The van der Waals surface area contributed by atoms with Crippen molar-refractivity contribution in [2.75, 3.05) is 4.81 Å². The molecule has 8 aromatic carbocycles. The van der Waals surface area contributed by atoms with Crippen LogP contribution in [0, 0.1) is 0 Å². The molecule has 4 aromatic heterocycles. The van der Waals surface area contributed by atoms with Crippen molar-refractivity contribution in [1.82, 2.24) is 4.57 Å². The van der Waals surface area contributed by atoms with Crippen molar-refractivity contribution in [2.45, 2.75) is 78.6 Å². The van der Waals surface area contributed by atoms with E-state index in [2.05, 4.69) is 205 Å². The smallest absolute Gasteiger partial charge is 0.333 e. The van der Waals surface area contributed by atoms with Gasteiger partial charge in [0, 0.05) is 80.7 Å². The number of furan rings is 2. The minimum absolute atomic E-state index is 0.0102. The van der Waals surface area contributed by atoms with Gasteiger partial charge in [-0.15, -0.1) is 11.3 Å². The third-order valence-electron chi connectivity index (χ3n) is 15.0. The average molecular weight is 873 g/mol. The summed E-state index contributed by atoms with van der Waals surface area (Å²) < 4.78 is 19.3. The van der Waals surface area contributed by atoms with Gasteiger partial charge in [-0.05, 0) is 111 Å². The van der Waals surface area contributed by atoms with Gasteiger partial charge in [-0.1, -0.05) is 129 Å². The Labute approximate surface area is 388 Å². The first kappa shape index (κ1) is 38.5. The van der Waals surface area contributed by atoms with Crippen molar-refractivity contribution in [3.8, 4) is 16.8 Å². The Bertz CT molecular complexity index is 4120. The predicted octanol–water partition coefficient (Wildman–Crippen LogP) is 16.1. The highest BCUT2D eigenvalue weighted by Crippen LogP contribution is 2.53. The first-order valence-electron chi connectivity index (χ1n) is 23.4. The highest BCUT2D eigenvalue weighted by Gasteiger charge is 2.47. The van der Waals surface area contributed by atoms with Crippen LogP contribution in [-0.4, -0.2) is 11.4 Å². The number of nitrogens with zero attached hydrogens (tertiary/aromatic N) is 2. The second kappa shape index (κ2) is 12.6. The number of thiophene rings is 1. The van der Waals surface area contributed by atoms with Crippen LogP contribution >= 0.6 is 11.3 Å². The minimum atomic E-state index is -0.209. The minimum Gasteiger partial charge on any atom is -0.456 e. The molecule has 0 spiro atoms. The zero-order chi connectivity index (χ0) is 44.9. The van der Waals surface area contributed by atoms with Gasteiger partial charge in [0.15, 0.2) is 0 Å². The van der Waals surface area contributed by atoms with Gasteiger partial charge in [0.2, 0.25) is 0 Å². The number of rotatable bonds is 1. The number of hydrogen-bond acceptors (Lipinski definition) is 4. The summed E-state index contributed by atoms with van der Waals surface area (Å²) in [6.45, 7) is 20.6. The molecule has 0 bridgehead atoms. The summed E-state index contributed by atoms with van der Waals surface area (Å²) in [7, 11) is 0. The van der Waals surface area contributed by atoms with Crippen molar-refractivity contribution in [2.24, 2.45) is 0 Å². The highest BCUT2D eigenvalue weighted by atomic mass is 32.1. The number of anilines is 2. The molecule has 6 heterocycles. The van der Waals surface area contributed by atoms with Gasteiger partial charge in [-0.25, -0.2) is 0 Å². The Balaban J connectivity index is 1.22. The lowest BCUT2D eigenvalue weighted by atomic mass is 9.43. The highest BCUT2D eigenvalue weighted by molar-refractivity contribution is 7.25. The molecule has 0 N–H and O–H groups in total. The van der Waals surface area contributed by atoms with Crippen molar-refractivity contribution in [3.05, 3.63) is 150 Å². The predicted molar refractivity (Wildman–Crippen MR) is 283 cm³/mol. The Morgan fingerprint density at radius 3 is 1.88 bits per heavy atom. The monoisotopic (exact) mass is 872 g/mol. The largest absolute Gasteiger partial charge is 0.456 e. The standard InChI is InChI=1S/C60H49BN2O2S/c1-58(2,3)32-18-22-35(23-19-32)63-45-31-51-40(37-24-20-34(60(7,8)9)27-50(37)66-51)28-42(45)54-55-56-52(53-38-15-11-13-17-48(38)65-57(53)54)41-26-33(59(4,5)6)21-25-44(41)62(56)46-29-39-36-14-10-12-16-47(36)64-49(39)30-43(46)61(55)63/h10-31H,1-9H3. The van der Waals surface area contributed by atoms with Crippen molar-refractivity contribution in [1.29, 1.82) is 0 Å². The van der Waals surface area contributed by atoms with Gasteiger partial charge in [0.05, 0.1) is 11.0 Å². The van der Waals surface area contributed by atoms with E-state index in [-0.39, 0.29) is 23.1 Å². The molecule has 2 aliphatic rings. The van der Waals surface area contributed by atoms with Crippen LogP contribution < -0.4 is 15.7 Å². The molecule has 0 amide bonds. The molecule has 0 atom stereocenters. The molecule has 4 nitrogen and oxygen atoms in total. The Morgan fingerprint density at radius 2 is 1.14 bits per heavy atom. The lowest BCUT2D eigenvalue weighted by molar-refractivity contribution is 0.590. The Morgan fingerprint density at radius 1 is 0.485 bits per heavy atom. The molecule has 320 valence electrons. The number of aromatic nitrogens is 1. The van der Waals surface area contributed by atoms with Crippen LogP contribution in [0.2, 0.25) is 0 Å². The average Bonchev–Trinajstić information content (AvgIpc) is 4.04. The van der Waals surface area contributed by atoms with Gasteiger partial charge in [0.1, 0.15) is 22.3 Å². The summed E-state index contributed by atoms with van der Waals surface area (Å²) in [5.74, 6) is 0. The van der Waals surface area contributed by atoms with Gasteiger partial charge in [-0.3, -0.25) is 0 Å². The van der Waals surface area contributed by atoms with Crippen LogP contribution in [-0.2, 0) is 16.2 Å². The SMILES string of the molecule is CC(C)(C)c1ccc(N2B3c4cc5oc6ccccc6c5cc4-n4c5ccc(C(C)(C)C)cc5c5c6c(oc7ccccc76)c(c3c54)-c3cc4c(cc32)sc2cc(C(C)(C)C)ccc24)cc1. The van der Waals surface area contributed by atoms with Crippen LogP contribution in [0.3, 0.4) is 0 Å². The van der Waals surface area contributed by atoms with Gasteiger partial charge in [0.25, 0.3) is 0 Å². The van der Waals surface area contributed by atoms with E-state index in [1.54, 1.807) is 0 Å². The van der Waals surface area contributed by atoms with E-state index in [1.165, 1.54) is 97.5 Å². The second-order valence-corrected chi connectivity index (χ2v) is 23.2. The van der Waals surface area contributed by atoms with Crippen molar-refractivity contribution < 1.29 is 8.83 Å². The fourth-order valence-electron chi connectivity index (χ4n) is 11.6. The van der Waals surface area contributed by atoms with E-state index >= 15 is 0 Å². The summed E-state index contributed by atoms with van der Waals surface area (Å²) in [5, 5.41) is 9.67. The topological polar surface area (TPSA) is 34.5 Å². The number of benzene rings is 8. The Kier molecular flexibility index (Phi) is 7.33. The fourth-order valence-corrected chi connectivity index (χ4v) is 12.8. The molecule has 0 radical (unpaired) electrons. The van der Waals surface area contributed by atoms with Gasteiger partial charge >= 0.3 is 6.85 Å². The van der Waals surface area contributed by atoms with Gasteiger partial charge in [-0.2, -0.15) is 0 Å². The Hall–Kier alpha value is -6.76. The van der Waals surface area contributed by atoms with Crippen LogP contribution in [0.15, 0.2) is 142 Å². The summed E-state index contributed by atoms with van der Waals surface area (Å²) >= 11 is 1.91. The molecular weight excluding hydrogens is 824 g/mol. The third kappa shape index (κ3) is 5.06. The van der Waals surface area contributed by atoms with Crippen LogP contribution in [0.1, 0.15) is 79.0 Å². The molecule has 12 aromatic rings. The lowest BCUT2D eigenvalue weighted by Gasteiger charge is -2.42. The molecule has 0 saturated carbocycles. The second-order valence-electron chi connectivity index (χ2n) is 22.1. The molecule has 6 heteroatoms. The fraction of sp³-hybridized carbons (Fsp3) is 0.200. The van der Waals surface area contributed by atoms with E-state index in [0.29, 0.717) is 0 Å². The number of para-hydroxylation sites is 2. The summed E-state index contributed by atoms with van der Waals surface area (Å²) in [6.07, 6.45) is 0. The summed E-state index contributed by atoms with van der Waals surface area (Å²) in [6, 6.07) is 50.6. The molecule has 0 unspecified atom stereocenters. The lowest BCUT2D eigenvalue weighted by Crippen LogP contribution is -2.60. The molecule has 0 fully saturated rings. The maximum atomic E-state index is 7.33. The molecule has 0 saturated heterocycles. The van der Waals surface area contributed by atoms with Crippen LogP contribution in [0.25, 0.3) is 103 Å². The third-order valence-corrected chi connectivity index (χ3v) is 16.1. The zero-order valence-electron chi connectivity index (χ0n) is 38.9. The molecule has 14 rings (SSSR count). The van der Waals surface area contributed by atoms with E-state index < -0.39 is 0 Å². The van der Waals surface area contributed by atoms with Crippen LogP contribution in [0.5, 0.6) is 0 Å². The summed E-state index contributed by atoms with van der Waals surface area (Å²) in [4.78, 5) is 2.65.